The quantitative estimate of drug-likeness (QED) is 0.465. The third kappa shape index (κ3) is 3.27. The number of hydrogen-bond donors (Lipinski definition) is 2. The molecule has 1 aromatic heterocycles. The van der Waals surface area contributed by atoms with Crippen LogP contribution >= 0.6 is 11.6 Å². The average Bonchev–Trinajstić information content (AvgIpc) is 3.10. The minimum atomic E-state index is -0.516. The highest BCUT2D eigenvalue weighted by Gasteiger charge is 2.16. The van der Waals surface area contributed by atoms with Crippen molar-refractivity contribution < 1.29 is 9.18 Å². The molecule has 1 amide bonds. The lowest BCUT2D eigenvalue weighted by molar-refractivity contribution is 0.100. The van der Waals surface area contributed by atoms with E-state index in [0.29, 0.717) is 28.1 Å². The summed E-state index contributed by atoms with van der Waals surface area (Å²) in [6.07, 6.45) is 0.312. The molecule has 4 rings (SSSR count). The summed E-state index contributed by atoms with van der Waals surface area (Å²) in [6, 6.07) is 18.2. The maximum absolute atomic E-state index is 14.3. The Labute approximate surface area is 167 Å². The molecule has 0 fully saturated rings. The van der Waals surface area contributed by atoms with Gasteiger partial charge in [-0.15, -0.1) is 0 Å². The molecule has 0 radical (unpaired) electrons. The summed E-state index contributed by atoms with van der Waals surface area (Å²) in [5, 5.41) is 1.20. The van der Waals surface area contributed by atoms with Crippen molar-refractivity contribution in [2.45, 2.75) is 13.3 Å². The van der Waals surface area contributed by atoms with Gasteiger partial charge < -0.3 is 10.7 Å². The number of rotatable bonds is 4. The molecular weight excluding hydrogens is 375 g/mol. The molecule has 0 saturated carbocycles. The predicted molar refractivity (Wildman–Crippen MR) is 111 cm³/mol. The number of aromatic nitrogens is 1. The number of fused-ring (bicyclic) bond motifs is 1. The summed E-state index contributed by atoms with van der Waals surface area (Å²) >= 11 is 6.21. The van der Waals surface area contributed by atoms with Crippen LogP contribution < -0.4 is 5.73 Å². The zero-order valence-electron chi connectivity index (χ0n) is 15.2. The van der Waals surface area contributed by atoms with Crippen LogP contribution in [0.4, 0.5) is 4.39 Å². The van der Waals surface area contributed by atoms with Crippen molar-refractivity contribution >= 4 is 28.4 Å². The molecule has 0 bridgehead atoms. The summed E-state index contributed by atoms with van der Waals surface area (Å²) in [4.78, 5) is 15.2. The van der Waals surface area contributed by atoms with Crippen molar-refractivity contribution in [3.8, 4) is 11.3 Å². The minimum Gasteiger partial charge on any atom is -0.366 e. The van der Waals surface area contributed by atoms with Gasteiger partial charge in [0.15, 0.2) is 0 Å². The average molecular weight is 393 g/mol. The van der Waals surface area contributed by atoms with Crippen LogP contribution in [0.1, 0.15) is 27.0 Å². The highest BCUT2D eigenvalue weighted by Crippen LogP contribution is 2.32. The van der Waals surface area contributed by atoms with Crippen molar-refractivity contribution in [1.29, 1.82) is 0 Å². The second kappa shape index (κ2) is 7.13. The Morgan fingerprint density at radius 1 is 1.11 bits per heavy atom. The number of hydrogen-bond acceptors (Lipinski definition) is 1. The molecular formula is C23H18ClFN2O. The molecule has 0 atom stereocenters. The molecule has 0 aliphatic rings. The fourth-order valence-electron chi connectivity index (χ4n) is 3.42. The number of aryl methyl sites for hydroxylation is 1. The van der Waals surface area contributed by atoms with E-state index < -0.39 is 5.91 Å². The number of nitrogens with one attached hydrogen (secondary N) is 1. The number of carbonyl (C=O) groups is 1. The van der Waals surface area contributed by atoms with Gasteiger partial charge in [-0.3, -0.25) is 4.79 Å². The Morgan fingerprint density at radius 3 is 2.54 bits per heavy atom. The maximum Gasteiger partial charge on any atom is 0.250 e. The second-order valence-corrected chi connectivity index (χ2v) is 7.26. The first kappa shape index (κ1) is 18.3. The van der Waals surface area contributed by atoms with Gasteiger partial charge >= 0.3 is 0 Å². The Balaban J connectivity index is 1.89. The van der Waals surface area contributed by atoms with Gasteiger partial charge in [-0.2, -0.15) is 0 Å². The molecule has 140 valence electrons. The molecule has 1 heterocycles. The first-order chi connectivity index (χ1) is 13.4. The lowest BCUT2D eigenvalue weighted by atomic mass is 9.98. The van der Waals surface area contributed by atoms with Gasteiger partial charge in [0.05, 0.1) is 11.1 Å². The molecule has 3 nitrogen and oxygen atoms in total. The van der Waals surface area contributed by atoms with E-state index in [-0.39, 0.29) is 5.82 Å². The van der Waals surface area contributed by atoms with Gasteiger partial charge in [0.25, 0.3) is 5.91 Å². The lowest BCUT2D eigenvalue weighted by Gasteiger charge is -2.09. The second-order valence-electron chi connectivity index (χ2n) is 6.85. The van der Waals surface area contributed by atoms with Crippen LogP contribution in [0.5, 0.6) is 0 Å². The number of nitrogens with two attached hydrogens (primary N) is 1. The zero-order valence-corrected chi connectivity index (χ0v) is 16.0. The molecule has 0 aliphatic heterocycles. The van der Waals surface area contributed by atoms with Crippen LogP contribution in [0.25, 0.3) is 22.2 Å². The van der Waals surface area contributed by atoms with Gasteiger partial charge in [-0.05, 0) is 42.3 Å². The van der Waals surface area contributed by atoms with Gasteiger partial charge in [0.1, 0.15) is 5.82 Å². The van der Waals surface area contributed by atoms with E-state index in [2.05, 4.69) is 4.98 Å². The number of amides is 1. The smallest absolute Gasteiger partial charge is 0.250 e. The largest absolute Gasteiger partial charge is 0.366 e. The standard InChI is InChI=1S/C23H18ClFN2O/c1-13-5-7-14(8-6-13)21-12-17-15(9-10-16(23(26)28)22(17)27-21)11-18-19(24)3-2-4-20(18)25/h2-10,12,27H,11H2,1H3,(H2,26,28). The molecule has 4 aromatic rings. The van der Waals surface area contributed by atoms with E-state index in [9.17, 15) is 9.18 Å². The molecule has 3 N–H and O–H groups in total. The fourth-order valence-corrected chi connectivity index (χ4v) is 3.65. The first-order valence-electron chi connectivity index (χ1n) is 8.88. The van der Waals surface area contributed by atoms with Crippen LogP contribution in [-0.4, -0.2) is 10.9 Å². The van der Waals surface area contributed by atoms with Crippen molar-refractivity contribution in [2.75, 3.05) is 0 Å². The number of benzene rings is 3. The highest BCUT2D eigenvalue weighted by molar-refractivity contribution is 6.31. The lowest BCUT2D eigenvalue weighted by Crippen LogP contribution is -2.11. The maximum atomic E-state index is 14.3. The summed E-state index contributed by atoms with van der Waals surface area (Å²) < 4.78 is 14.3. The SMILES string of the molecule is Cc1ccc(-c2cc3c(Cc4c(F)cccc4Cl)ccc(C(N)=O)c3[nH]2)cc1. The van der Waals surface area contributed by atoms with Crippen molar-refractivity contribution in [2.24, 2.45) is 5.73 Å². The van der Waals surface area contributed by atoms with Crippen molar-refractivity contribution in [3.63, 3.8) is 0 Å². The number of H-pyrrole nitrogens is 1. The highest BCUT2D eigenvalue weighted by atomic mass is 35.5. The topological polar surface area (TPSA) is 58.9 Å². The predicted octanol–water partition coefficient (Wildman–Crippen LogP) is 5.63. The van der Waals surface area contributed by atoms with E-state index >= 15 is 0 Å². The van der Waals surface area contributed by atoms with Gasteiger partial charge in [-0.25, -0.2) is 4.39 Å². The Morgan fingerprint density at radius 2 is 1.86 bits per heavy atom. The van der Waals surface area contributed by atoms with Gasteiger partial charge in [0, 0.05) is 28.1 Å². The molecule has 3 aromatic carbocycles. The van der Waals surface area contributed by atoms with Crippen LogP contribution in [0.15, 0.2) is 60.7 Å². The van der Waals surface area contributed by atoms with Crippen molar-refractivity contribution in [3.05, 3.63) is 93.8 Å². The van der Waals surface area contributed by atoms with Crippen molar-refractivity contribution in [1.82, 2.24) is 4.98 Å². The summed E-state index contributed by atoms with van der Waals surface area (Å²) in [5.41, 5.74) is 10.9. The van der Waals surface area contributed by atoms with Crippen LogP contribution in [0.3, 0.4) is 0 Å². The number of primary amides is 1. The Hall–Kier alpha value is -3.11. The molecule has 28 heavy (non-hydrogen) atoms. The van der Waals surface area contributed by atoms with E-state index in [4.69, 9.17) is 17.3 Å². The first-order valence-corrected chi connectivity index (χ1v) is 9.26. The summed E-state index contributed by atoms with van der Waals surface area (Å²) in [5.74, 6) is -0.869. The van der Waals surface area contributed by atoms with Gasteiger partial charge in [-0.1, -0.05) is 53.6 Å². The van der Waals surface area contributed by atoms with Gasteiger partial charge in [0.2, 0.25) is 0 Å². The molecule has 0 spiro atoms. The van der Waals surface area contributed by atoms with E-state index in [1.165, 1.54) is 6.07 Å². The molecule has 5 heteroatoms. The van der Waals surface area contributed by atoms with Crippen LogP contribution in [0.2, 0.25) is 5.02 Å². The van der Waals surface area contributed by atoms with E-state index in [1.807, 2.05) is 37.3 Å². The normalized spacial score (nSPS) is 11.1. The third-order valence-electron chi connectivity index (χ3n) is 4.94. The fraction of sp³-hybridized carbons (Fsp3) is 0.0870. The number of aromatic amines is 1. The Bertz CT molecular complexity index is 1180. The molecule has 0 saturated heterocycles. The monoisotopic (exact) mass is 392 g/mol. The number of carbonyl (C=O) groups excluding carboxylic acids is 1. The zero-order chi connectivity index (χ0) is 19.8. The molecule has 0 unspecified atom stereocenters. The number of halogens is 2. The van der Waals surface area contributed by atoms with Crippen LogP contribution in [0, 0.1) is 12.7 Å². The van der Waals surface area contributed by atoms with Crippen LogP contribution in [-0.2, 0) is 6.42 Å². The summed E-state index contributed by atoms with van der Waals surface area (Å²) in [7, 11) is 0. The van der Waals surface area contributed by atoms with E-state index in [1.54, 1.807) is 24.3 Å². The molecule has 0 aliphatic carbocycles. The Kier molecular flexibility index (Phi) is 4.65. The third-order valence-corrected chi connectivity index (χ3v) is 5.30. The van der Waals surface area contributed by atoms with E-state index in [0.717, 1.165) is 27.8 Å². The summed E-state index contributed by atoms with van der Waals surface area (Å²) in [6.45, 7) is 2.02. The minimum absolute atomic E-state index is 0.312.